The van der Waals surface area contributed by atoms with Gasteiger partial charge in [-0.2, -0.15) is 5.10 Å². The molecule has 1 atom stereocenters. The minimum absolute atomic E-state index is 0.0756. The van der Waals surface area contributed by atoms with Crippen molar-refractivity contribution in [2.45, 2.75) is 13.0 Å². The zero-order valence-corrected chi connectivity index (χ0v) is 13.1. The Balaban J connectivity index is 2.05. The Bertz CT molecular complexity index is 1020. The summed E-state index contributed by atoms with van der Waals surface area (Å²) in [4.78, 5) is 44.1. The first-order valence-electron chi connectivity index (χ1n) is 7.32. The smallest absolute Gasteiger partial charge is 0.357 e. The van der Waals surface area contributed by atoms with Crippen molar-refractivity contribution in [1.29, 1.82) is 0 Å². The summed E-state index contributed by atoms with van der Waals surface area (Å²) in [6.45, 7) is 1.44. The lowest BCUT2D eigenvalue weighted by atomic mass is 10.1. The van der Waals surface area contributed by atoms with Crippen LogP contribution in [0.2, 0.25) is 0 Å². The molecule has 126 valence electrons. The average Bonchev–Trinajstić information content (AvgIpc) is 2.62. The normalized spacial score (nSPS) is 11.9. The molecule has 0 radical (unpaired) electrons. The highest BCUT2D eigenvalue weighted by atomic mass is 16.4. The lowest BCUT2D eigenvalue weighted by molar-refractivity contribution is -0.119. The number of aromatic carboxylic acids is 1. The summed E-state index contributed by atoms with van der Waals surface area (Å²) in [6.07, 6.45) is 2.91. The molecule has 0 bridgehead atoms. The van der Waals surface area contributed by atoms with Gasteiger partial charge in [-0.05, 0) is 19.1 Å². The molecule has 3 rings (SSSR count). The molecule has 0 saturated carbocycles. The number of fused-ring (bicyclic) bond motifs is 1. The number of hydrogen-bond donors (Lipinski definition) is 2. The van der Waals surface area contributed by atoms with Gasteiger partial charge in [0, 0.05) is 17.8 Å². The Morgan fingerprint density at radius 3 is 2.40 bits per heavy atom. The van der Waals surface area contributed by atoms with Gasteiger partial charge in [-0.3, -0.25) is 14.9 Å². The van der Waals surface area contributed by atoms with Crippen LogP contribution in [0, 0.1) is 0 Å². The number of hydrogen-bond acceptors (Lipinski definition) is 6. The molecule has 3 aromatic rings. The second-order valence-electron chi connectivity index (χ2n) is 5.19. The minimum atomic E-state index is -1.29. The monoisotopic (exact) mass is 339 g/mol. The van der Waals surface area contributed by atoms with Gasteiger partial charge in [0.1, 0.15) is 6.04 Å². The van der Waals surface area contributed by atoms with E-state index in [4.69, 9.17) is 0 Å². The van der Waals surface area contributed by atoms with Gasteiger partial charge < -0.3 is 5.11 Å². The molecule has 25 heavy (non-hydrogen) atoms. The molecule has 2 aromatic heterocycles. The van der Waals surface area contributed by atoms with Crippen LogP contribution in [0.1, 0.15) is 23.5 Å². The van der Waals surface area contributed by atoms with Gasteiger partial charge in [0.15, 0.2) is 5.69 Å². The molecule has 0 aliphatic rings. The highest BCUT2D eigenvalue weighted by molar-refractivity contribution is 6.01. The Hall–Kier alpha value is -3.62. The van der Waals surface area contributed by atoms with E-state index in [1.54, 1.807) is 18.2 Å². The lowest BCUT2D eigenvalue weighted by Gasteiger charge is -2.15. The third-order valence-electron chi connectivity index (χ3n) is 3.58. The van der Waals surface area contributed by atoms with E-state index < -0.39 is 23.5 Å². The summed E-state index contributed by atoms with van der Waals surface area (Å²) >= 11 is 0. The van der Waals surface area contributed by atoms with E-state index in [-0.39, 0.29) is 22.4 Å². The largest absolute Gasteiger partial charge is 0.476 e. The van der Waals surface area contributed by atoms with Gasteiger partial charge in [0.2, 0.25) is 5.95 Å². The molecule has 2 heterocycles. The summed E-state index contributed by atoms with van der Waals surface area (Å²) in [5, 5.41) is 16.1. The number of carbonyl (C=O) groups excluding carboxylic acids is 1. The van der Waals surface area contributed by atoms with Crippen LogP contribution in [0.4, 0.5) is 5.95 Å². The number of rotatable bonds is 4. The van der Waals surface area contributed by atoms with Crippen LogP contribution in [0.5, 0.6) is 0 Å². The van der Waals surface area contributed by atoms with E-state index in [1.165, 1.54) is 31.5 Å². The van der Waals surface area contributed by atoms with E-state index in [9.17, 15) is 19.5 Å². The fourth-order valence-corrected chi connectivity index (χ4v) is 2.32. The summed E-state index contributed by atoms with van der Waals surface area (Å²) in [6, 6.07) is 6.76. The molecule has 0 unspecified atom stereocenters. The number of carboxylic acids is 1. The van der Waals surface area contributed by atoms with Gasteiger partial charge in [-0.1, -0.05) is 18.2 Å². The summed E-state index contributed by atoms with van der Waals surface area (Å²) in [7, 11) is 0. The van der Waals surface area contributed by atoms with Crippen LogP contribution in [-0.2, 0) is 4.79 Å². The molecule has 1 amide bonds. The van der Waals surface area contributed by atoms with E-state index in [0.29, 0.717) is 0 Å². The fraction of sp³-hybridized carbons (Fsp3) is 0.125. The van der Waals surface area contributed by atoms with Crippen molar-refractivity contribution in [3.8, 4) is 0 Å². The first kappa shape index (κ1) is 16.2. The number of aromatic nitrogens is 4. The molecule has 0 spiro atoms. The van der Waals surface area contributed by atoms with Crippen molar-refractivity contribution in [1.82, 2.24) is 19.7 Å². The zero-order valence-electron chi connectivity index (χ0n) is 13.1. The molecule has 0 aliphatic heterocycles. The van der Waals surface area contributed by atoms with Crippen molar-refractivity contribution in [3.63, 3.8) is 0 Å². The zero-order chi connectivity index (χ0) is 18.0. The SMILES string of the molecule is C[C@H](C(=O)Nc1ncccn1)n1nc(C(=O)O)c2ccccc2c1=O. The van der Waals surface area contributed by atoms with Crippen molar-refractivity contribution in [2.24, 2.45) is 0 Å². The van der Waals surface area contributed by atoms with Crippen molar-refractivity contribution >= 4 is 28.6 Å². The Morgan fingerprint density at radius 2 is 1.76 bits per heavy atom. The average molecular weight is 339 g/mol. The van der Waals surface area contributed by atoms with Crippen molar-refractivity contribution in [3.05, 3.63) is 58.8 Å². The molecule has 9 heteroatoms. The standard InChI is InChI=1S/C16H13N5O4/c1-9(13(22)19-16-17-7-4-8-18-16)21-14(23)11-6-3-2-5-10(11)12(20-21)15(24)25/h2-9H,1H3,(H,24,25)(H,17,18,19,22)/t9-/m1/s1. The van der Waals surface area contributed by atoms with Crippen LogP contribution in [0.3, 0.4) is 0 Å². The fourth-order valence-electron chi connectivity index (χ4n) is 2.32. The predicted octanol–water partition coefficient (Wildman–Crippen LogP) is 1.08. The van der Waals surface area contributed by atoms with Crippen LogP contribution in [-0.4, -0.2) is 36.7 Å². The molecular formula is C16H13N5O4. The number of nitrogens with one attached hydrogen (secondary N) is 1. The van der Waals surface area contributed by atoms with E-state index in [0.717, 1.165) is 4.68 Å². The Kier molecular flexibility index (Phi) is 4.21. The topological polar surface area (TPSA) is 127 Å². The molecular weight excluding hydrogens is 326 g/mol. The number of amides is 1. The first-order chi connectivity index (χ1) is 12.0. The first-order valence-corrected chi connectivity index (χ1v) is 7.32. The third-order valence-corrected chi connectivity index (χ3v) is 3.58. The summed E-state index contributed by atoms with van der Waals surface area (Å²) < 4.78 is 0.851. The number of carboxylic acid groups (broad SMARTS) is 1. The molecule has 1 aromatic carbocycles. The van der Waals surface area contributed by atoms with Crippen molar-refractivity contribution in [2.75, 3.05) is 5.32 Å². The second kappa shape index (κ2) is 6.48. The van der Waals surface area contributed by atoms with Gasteiger partial charge in [-0.15, -0.1) is 0 Å². The van der Waals surface area contributed by atoms with Crippen molar-refractivity contribution < 1.29 is 14.7 Å². The Morgan fingerprint density at radius 1 is 1.12 bits per heavy atom. The quantitative estimate of drug-likeness (QED) is 0.728. The van der Waals surface area contributed by atoms with Crippen LogP contribution < -0.4 is 10.9 Å². The highest BCUT2D eigenvalue weighted by Crippen LogP contribution is 2.15. The van der Waals surface area contributed by atoms with E-state index in [2.05, 4.69) is 20.4 Å². The third kappa shape index (κ3) is 3.07. The van der Waals surface area contributed by atoms with Gasteiger partial charge in [0.05, 0.1) is 5.39 Å². The maximum absolute atomic E-state index is 12.6. The van der Waals surface area contributed by atoms with Gasteiger partial charge in [0.25, 0.3) is 11.5 Å². The highest BCUT2D eigenvalue weighted by Gasteiger charge is 2.23. The maximum Gasteiger partial charge on any atom is 0.357 e. The molecule has 9 nitrogen and oxygen atoms in total. The number of benzene rings is 1. The number of carbonyl (C=O) groups is 2. The molecule has 2 N–H and O–H groups in total. The van der Waals surface area contributed by atoms with Crippen LogP contribution >= 0.6 is 0 Å². The minimum Gasteiger partial charge on any atom is -0.476 e. The number of anilines is 1. The molecule has 0 aliphatic carbocycles. The van der Waals surface area contributed by atoms with E-state index >= 15 is 0 Å². The predicted molar refractivity (Wildman–Crippen MR) is 88.3 cm³/mol. The van der Waals surface area contributed by atoms with E-state index in [1.807, 2.05) is 0 Å². The lowest BCUT2D eigenvalue weighted by Crippen LogP contribution is -2.35. The summed E-state index contributed by atoms with van der Waals surface area (Å²) in [5.41, 5.74) is -0.858. The van der Waals surface area contributed by atoms with Crippen LogP contribution in [0.25, 0.3) is 10.8 Å². The van der Waals surface area contributed by atoms with Gasteiger partial charge >= 0.3 is 5.97 Å². The van der Waals surface area contributed by atoms with Gasteiger partial charge in [-0.25, -0.2) is 19.4 Å². The molecule has 0 saturated heterocycles. The Labute approximate surface area is 141 Å². The number of nitrogens with zero attached hydrogens (tertiary/aromatic N) is 4. The van der Waals surface area contributed by atoms with Crippen LogP contribution in [0.15, 0.2) is 47.5 Å². The maximum atomic E-state index is 12.6. The summed E-state index contributed by atoms with van der Waals surface area (Å²) in [5.74, 6) is -1.80. The second-order valence-corrected chi connectivity index (χ2v) is 5.19. The molecule has 0 fully saturated rings.